The van der Waals surface area contributed by atoms with Crippen molar-refractivity contribution in [1.29, 1.82) is 0 Å². The van der Waals surface area contributed by atoms with Crippen LogP contribution in [-0.4, -0.2) is 0 Å². The van der Waals surface area contributed by atoms with E-state index in [1.54, 1.807) is 0 Å². The maximum absolute atomic E-state index is 7.09. The summed E-state index contributed by atoms with van der Waals surface area (Å²) < 4.78 is 7.09. The molecule has 0 radical (unpaired) electrons. The van der Waals surface area contributed by atoms with Crippen LogP contribution in [0, 0.1) is 0 Å². The largest absolute Gasteiger partial charge is 0.453 e. The molecule has 1 heterocycles. The number of hydrogen-bond donors (Lipinski definition) is 0. The Labute approximate surface area is 355 Å². The van der Waals surface area contributed by atoms with Crippen molar-refractivity contribution >= 4 is 49.8 Å². The molecule has 11 aromatic rings. The summed E-state index contributed by atoms with van der Waals surface area (Å²) in [6.07, 6.45) is 0. The van der Waals surface area contributed by atoms with Crippen LogP contribution in [0.3, 0.4) is 0 Å². The molecule has 0 amide bonds. The third kappa shape index (κ3) is 5.43. The average Bonchev–Trinajstić information content (AvgIpc) is 3.88. The molecule has 0 saturated heterocycles. The highest BCUT2D eigenvalue weighted by atomic mass is 16.3. The third-order valence-corrected chi connectivity index (χ3v) is 12.8. The fourth-order valence-electron chi connectivity index (χ4n) is 10.0. The van der Waals surface area contributed by atoms with Gasteiger partial charge >= 0.3 is 0 Å². The summed E-state index contributed by atoms with van der Waals surface area (Å²) in [6, 6.07) is 85.9. The molecule has 2 nitrogen and oxygen atoms in total. The standard InChI is InChI=1S/C59H39NO/c1-4-16-40(17-5-1)41-30-32-42(33-31-41)43-34-37-47(38-35-43)60(55-29-14-25-49-50-39-36-44-18-10-11-23-48(44)57(50)61-58(49)55)54-28-15-27-53-56(54)51-24-12-13-26-52(51)59(53,45-19-6-2-7-20-45)46-21-8-3-9-22-46/h1-39H. The Balaban J connectivity index is 1.10. The van der Waals surface area contributed by atoms with E-state index in [9.17, 15) is 0 Å². The van der Waals surface area contributed by atoms with E-state index in [4.69, 9.17) is 4.42 Å². The zero-order chi connectivity index (χ0) is 40.3. The van der Waals surface area contributed by atoms with E-state index in [1.807, 2.05) is 0 Å². The van der Waals surface area contributed by atoms with Crippen LogP contribution in [-0.2, 0) is 5.41 Å². The first kappa shape index (κ1) is 35.0. The van der Waals surface area contributed by atoms with Gasteiger partial charge in [-0.2, -0.15) is 0 Å². The Morgan fingerprint density at radius 2 is 0.836 bits per heavy atom. The summed E-state index contributed by atoms with van der Waals surface area (Å²) in [5.41, 5.74) is 16.6. The van der Waals surface area contributed by atoms with Crippen molar-refractivity contribution in [3.05, 3.63) is 259 Å². The van der Waals surface area contributed by atoms with E-state index >= 15 is 0 Å². The molecule has 0 N–H and O–H groups in total. The minimum Gasteiger partial charge on any atom is -0.453 e. The van der Waals surface area contributed by atoms with Gasteiger partial charge in [0, 0.05) is 27.4 Å². The Morgan fingerprint density at radius 3 is 1.54 bits per heavy atom. The molecule has 1 aromatic heterocycles. The summed E-state index contributed by atoms with van der Waals surface area (Å²) in [6.45, 7) is 0. The second-order valence-electron chi connectivity index (χ2n) is 16.0. The molecular weight excluding hydrogens is 739 g/mol. The lowest BCUT2D eigenvalue weighted by atomic mass is 9.68. The summed E-state index contributed by atoms with van der Waals surface area (Å²) in [7, 11) is 0. The molecule has 1 aliphatic carbocycles. The highest BCUT2D eigenvalue weighted by molar-refractivity contribution is 6.18. The van der Waals surface area contributed by atoms with Gasteiger partial charge in [0.15, 0.2) is 5.58 Å². The molecule has 0 saturated carbocycles. The lowest BCUT2D eigenvalue weighted by Crippen LogP contribution is -2.28. The molecule has 61 heavy (non-hydrogen) atoms. The molecule has 0 aliphatic heterocycles. The molecule has 12 rings (SSSR count). The first-order valence-corrected chi connectivity index (χ1v) is 21.0. The number of benzene rings is 10. The SMILES string of the molecule is c1ccc(-c2ccc(-c3ccc(N(c4cccc5c4-c4ccccc4C5(c4ccccc4)c4ccccc4)c4cccc5c4oc4c6ccccc6ccc54)cc3)cc2)cc1. The van der Waals surface area contributed by atoms with Crippen LogP contribution in [0.1, 0.15) is 22.3 Å². The molecule has 286 valence electrons. The maximum Gasteiger partial charge on any atom is 0.159 e. The van der Waals surface area contributed by atoms with Crippen molar-refractivity contribution in [2.75, 3.05) is 4.90 Å². The van der Waals surface area contributed by atoms with Crippen molar-refractivity contribution in [2.24, 2.45) is 0 Å². The molecule has 0 atom stereocenters. The first-order chi connectivity index (χ1) is 30.3. The molecule has 10 aromatic carbocycles. The minimum atomic E-state index is -0.532. The van der Waals surface area contributed by atoms with E-state index in [1.165, 1.54) is 50.1 Å². The first-order valence-electron chi connectivity index (χ1n) is 21.0. The Kier molecular flexibility index (Phi) is 8.11. The van der Waals surface area contributed by atoms with Gasteiger partial charge in [-0.05, 0) is 85.8 Å². The maximum atomic E-state index is 7.09. The highest BCUT2D eigenvalue weighted by Gasteiger charge is 2.47. The van der Waals surface area contributed by atoms with Crippen LogP contribution in [0.5, 0.6) is 0 Å². The smallest absolute Gasteiger partial charge is 0.159 e. The van der Waals surface area contributed by atoms with Crippen molar-refractivity contribution < 1.29 is 4.42 Å². The number of nitrogens with zero attached hydrogens (tertiary/aromatic N) is 1. The summed E-state index contributed by atoms with van der Waals surface area (Å²) in [5, 5.41) is 4.48. The number of rotatable bonds is 7. The predicted octanol–water partition coefficient (Wildman–Crippen LogP) is 15.9. The second kappa shape index (κ2) is 14.1. The lowest BCUT2D eigenvalue weighted by Gasteiger charge is -2.34. The quantitative estimate of drug-likeness (QED) is 0.160. The normalized spacial score (nSPS) is 12.7. The second-order valence-corrected chi connectivity index (χ2v) is 16.0. The summed E-state index contributed by atoms with van der Waals surface area (Å²) in [5.74, 6) is 0. The van der Waals surface area contributed by atoms with Crippen molar-refractivity contribution in [2.45, 2.75) is 5.41 Å². The fraction of sp³-hybridized carbons (Fsp3) is 0.0169. The Morgan fingerprint density at radius 1 is 0.328 bits per heavy atom. The molecule has 0 spiro atoms. The number of anilines is 3. The van der Waals surface area contributed by atoms with Gasteiger partial charge in [-0.15, -0.1) is 0 Å². The Bertz CT molecular complexity index is 3350. The minimum absolute atomic E-state index is 0.532. The van der Waals surface area contributed by atoms with Gasteiger partial charge in [-0.25, -0.2) is 0 Å². The molecular formula is C59H39NO. The van der Waals surface area contributed by atoms with Gasteiger partial charge < -0.3 is 9.32 Å². The number of fused-ring (bicyclic) bond motifs is 8. The van der Waals surface area contributed by atoms with Crippen molar-refractivity contribution in [3.8, 4) is 33.4 Å². The van der Waals surface area contributed by atoms with Gasteiger partial charge in [0.05, 0.1) is 16.8 Å². The Hall–Kier alpha value is -7.94. The molecule has 2 heteroatoms. The zero-order valence-corrected chi connectivity index (χ0v) is 33.4. The van der Waals surface area contributed by atoms with Crippen LogP contribution in [0.25, 0.3) is 66.1 Å². The monoisotopic (exact) mass is 777 g/mol. The van der Waals surface area contributed by atoms with Crippen LogP contribution < -0.4 is 4.90 Å². The predicted molar refractivity (Wildman–Crippen MR) is 254 cm³/mol. The fourth-order valence-corrected chi connectivity index (χ4v) is 10.0. The highest BCUT2D eigenvalue weighted by Crippen LogP contribution is 2.60. The van der Waals surface area contributed by atoms with Gasteiger partial charge in [0.2, 0.25) is 0 Å². The molecule has 0 unspecified atom stereocenters. The third-order valence-electron chi connectivity index (χ3n) is 12.8. The van der Waals surface area contributed by atoms with Crippen LogP contribution in [0.15, 0.2) is 241 Å². The number of furan rings is 1. The van der Waals surface area contributed by atoms with Gasteiger partial charge in [0.25, 0.3) is 0 Å². The molecule has 1 aliphatic rings. The summed E-state index contributed by atoms with van der Waals surface area (Å²) >= 11 is 0. The van der Waals surface area contributed by atoms with Crippen LogP contribution >= 0.6 is 0 Å². The zero-order valence-electron chi connectivity index (χ0n) is 33.4. The van der Waals surface area contributed by atoms with Crippen molar-refractivity contribution in [3.63, 3.8) is 0 Å². The van der Waals surface area contributed by atoms with Gasteiger partial charge in [-0.1, -0.05) is 206 Å². The molecule has 0 bridgehead atoms. The van der Waals surface area contributed by atoms with E-state index in [0.29, 0.717) is 0 Å². The molecule has 0 fully saturated rings. The van der Waals surface area contributed by atoms with E-state index in [0.717, 1.165) is 55.3 Å². The average molecular weight is 778 g/mol. The van der Waals surface area contributed by atoms with E-state index < -0.39 is 5.41 Å². The number of para-hydroxylation sites is 1. The van der Waals surface area contributed by atoms with Crippen molar-refractivity contribution in [1.82, 2.24) is 0 Å². The number of hydrogen-bond acceptors (Lipinski definition) is 2. The topological polar surface area (TPSA) is 16.4 Å². The van der Waals surface area contributed by atoms with E-state index in [2.05, 4.69) is 241 Å². The lowest BCUT2D eigenvalue weighted by molar-refractivity contribution is 0.673. The van der Waals surface area contributed by atoms with Gasteiger partial charge in [-0.3, -0.25) is 0 Å². The van der Waals surface area contributed by atoms with Crippen LogP contribution in [0.2, 0.25) is 0 Å². The van der Waals surface area contributed by atoms with Gasteiger partial charge in [0.1, 0.15) is 5.58 Å². The summed E-state index contributed by atoms with van der Waals surface area (Å²) in [4.78, 5) is 2.43. The van der Waals surface area contributed by atoms with Crippen LogP contribution in [0.4, 0.5) is 17.1 Å². The van der Waals surface area contributed by atoms with E-state index in [-0.39, 0.29) is 0 Å².